The van der Waals surface area contributed by atoms with Crippen molar-refractivity contribution in [1.82, 2.24) is 4.98 Å². The molecule has 6 nitrogen and oxygen atoms in total. The molecule has 3 aromatic rings. The Balaban J connectivity index is 1.81. The first-order valence-corrected chi connectivity index (χ1v) is 8.83. The van der Waals surface area contributed by atoms with Crippen LogP contribution in [0.1, 0.15) is 21.6 Å². The Labute approximate surface area is 164 Å². The number of amides is 1. The fourth-order valence-corrected chi connectivity index (χ4v) is 2.94. The molecule has 1 amide bonds. The van der Waals surface area contributed by atoms with Crippen LogP contribution in [-0.2, 0) is 0 Å². The Hall–Kier alpha value is -3.54. The van der Waals surface area contributed by atoms with Gasteiger partial charge in [-0.3, -0.25) is 9.78 Å². The summed E-state index contributed by atoms with van der Waals surface area (Å²) in [6.45, 7) is 4.09. The van der Waals surface area contributed by atoms with Crippen molar-refractivity contribution in [3.8, 4) is 11.5 Å². The van der Waals surface area contributed by atoms with Crippen molar-refractivity contribution < 1.29 is 14.3 Å². The molecule has 144 valence electrons. The van der Waals surface area contributed by atoms with Gasteiger partial charge in [0.05, 0.1) is 19.9 Å². The van der Waals surface area contributed by atoms with Gasteiger partial charge in [0.25, 0.3) is 5.91 Å². The maximum atomic E-state index is 12.7. The molecule has 0 unspecified atom stereocenters. The van der Waals surface area contributed by atoms with Crippen LogP contribution >= 0.6 is 0 Å². The van der Waals surface area contributed by atoms with Gasteiger partial charge in [0.1, 0.15) is 17.2 Å². The third kappa shape index (κ3) is 4.59. The van der Waals surface area contributed by atoms with Crippen LogP contribution < -0.4 is 20.1 Å². The number of aromatic nitrogens is 1. The van der Waals surface area contributed by atoms with Crippen LogP contribution in [0.2, 0.25) is 0 Å². The quantitative estimate of drug-likeness (QED) is 0.651. The van der Waals surface area contributed by atoms with Crippen LogP contribution in [0, 0.1) is 13.8 Å². The number of rotatable bonds is 6. The van der Waals surface area contributed by atoms with E-state index in [-0.39, 0.29) is 5.91 Å². The number of pyridine rings is 1. The minimum atomic E-state index is -0.337. The van der Waals surface area contributed by atoms with Crippen molar-refractivity contribution in [1.29, 1.82) is 0 Å². The van der Waals surface area contributed by atoms with Gasteiger partial charge >= 0.3 is 0 Å². The summed E-state index contributed by atoms with van der Waals surface area (Å²) < 4.78 is 10.5. The fraction of sp³-hybridized carbons (Fsp3) is 0.182. The molecule has 3 rings (SSSR count). The zero-order valence-corrected chi connectivity index (χ0v) is 16.4. The molecule has 0 atom stereocenters. The first-order valence-electron chi connectivity index (χ1n) is 8.83. The first kappa shape index (κ1) is 19.2. The lowest BCUT2D eigenvalue weighted by Gasteiger charge is -2.12. The number of hydrogen-bond donors (Lipinski definition) is 2. The lowest BCUT2D eigenvalue weighted by molar-refractivity contribution is 0.102. The van der Waals surface area contributed by atoms with Crippen LogP contribution in [0.15, 0.2) is 54.7 Å². The third-order valence-corrected chi connectivity index (χ3v) is 4.16. The molecule has 2 N–H and O–H groups in total. The fourth-order valence-electron chi connectivity index (χ4n) is 2.94. The van der Waals surface area contributed by atoms with E-state index in [4.69, 9.17) is 9.47 Å². The van der Waals surface area contributed by atoms with Gasteiger partial charge < -0.3 is 20.1 Å². The van der Waals surface area contributed by atoms with E-state index >= 15 is 0 Å². The highest BCUT2D eigenvalue weighted by atomic mass is 16.5. The van der Waals surface area contributed by atoms with E-state index in [1.165, 1.54) is 11.1 Å². The predicted molar refractivity (Wildman–Crippen MR) is 111 cm³/mol. The van der Waals surface area contributed by atoms with Crippen LogP contribution in [0.25, 0.3) is 0 Å². The Morgan fingerprint density at radius 3 is 2.32 bits per heavy atom. The summed E-state index contributed by atoms with van der Waals surface area (Å²) in [4.78, 5) is 16.9. The van der Waals surface area contributed by atoms with E-state index in [2.05, 4.69) is 21.7 Å². The molecule has 1 aromatic heterocycles. The summed E-state index contributed by atoms with van der Waals surface area (Å²) in [5.41, 5.74) is 4.88. The molecule has 0 fully saturated rings. The van der Waals surface area contributed by atoms with Gasteiger partial charge in [0, 0.05) is 23.6 Å². The van der Waals surface area contributed by atoms with Gasteiger partial charge in [-0.25, -0.2) is 0 Å². The molecule has 28 heavy (non-hydrogen) atoms. The summed E-state index contributed by atoms with van der Waals surface area (Å²) in [6.07, 6.45) is 1.60. The normalized spacial score (nSPS) is 10.3. The number of carbonyl (C=O) groups excluding carboxylic acids is 1. The van der Waals surface area contributed by atoms with Gasteiger partial charge in [-0.2, -0.15) is 0 Å². The molecule has 0 saturated carbocycles. The molecule has 0 bridgehead atoms. The van der Waals surface area contributed by atoms with Crippen molar-refractivity contribution in [3.63, 3.8) is 0 Å². The summed E-state index contributed by atoms with van der Waals surface area (Å²) in [7, 11) is 3.11. The second kappa shape index (κ2) is 8.43. The predicted octanol–water partition coefficient (Wildman–Crippen LogP) is 4.71. The van der Waals surface area contributed by atoms with Crippen LogP contribution in [0.4, 0.5) is 17.1 Å². The zero-order chi connectivity index (χ0) is 20.1. The minimum absolute atomic E-state index is 0.291. The number of ether oxygens (including phenoxy) is 2. The highest BCUT2D eigenvalue weighted by Gasteiger charge is 2.13. The smallest absolute Gasteiger partial charge is 0.274 e. The minimum Gasteiger partial charge on any atom is -0.497 e. The Bertz CT molecular complexity index is 982. The zero-order valence-electron chi connectivity index (χ0n) is 16.4. The van der Waals surface area contributed by atoms with E-state index < -0.39 is 0 Å². The summed E-state index contributed by atoms with van der Waals surface area (Å²) in [6, 6.07) is 14.9. The van der Waals surface area contributed by atoms with Gasteiger partial charge in [-0.05, 0) is 61.4 Å². The van der Waals surface area contributed by atoms with Crippen molar-refractivity contribution >= 4 is 23.0 Å². The topological polar surface area (TPSA) is 72.5 Å². The lowest BCUT2D eigenvalue weighted by atomic mass is 10.1. The second-order valence-electron chi connectivity index (χ2n) is 6.45. The molecular formula is C22H23N3O3. The van der Waals surface area contributed by atoms with Crippen molar-refractivity contribution in [2.45, 2.75) is 13.8 Å². The monoisotopic (exact) mass is 377 g/mol. The first-order chi connectivity index (χ1) is 13.5. The van der Waals surface area contributed by atoms with E-state index in [0.717, 1.165) is 11.4 Å². The van der Waals surface area contributed by atoms with Crippen LogP contribution in [0.5, 0.6) is 11.5 Å². The number of carbonyl (C=O) groups is 1. The molecule has 0 radical (unpaired) electrons. The summed E-state index contributed by atoms with van der Waals surface area (Å²) in [5, 5.41) is 6.15. The number of anilines is 3. The molecule has 2 aromatic carbocycles. The number of nitrogens with one attached hydrogen (secondary N) is 2. The largest absolute Gasteiger partial charge is 0.497 e. The molecule has 1 heterocycles. The number of methoxy groups -OCH3 is 2. The Kier molecular flexibility index (Phi) is 5.79. The average Bonchev–Trinajstić information content (AvgIpc) is 2.67. The molecule has 0 saturated heterocycles. The molecule has 0 spiro atoms. The van der Waals surface area contributed by atoms with Crippen molar-refractivity contribution in [2.24, 2.45) is 0 Å². The Morgan fingerprint density at radius 2 is 1.64 bits per heavy atom. The average molecular weight is 377 g/mol. The molecule has 0 aliphatic heterocycles. The number of aryl methyl sites for hydroxylation is 2. The standard InChI is InChI=1S/C22H23N3O3/c1-14-9-15(2)11-17(10-14)24-16-7-8-23-20(12-16)22(26)25-19-13-18(27-3)5-6-21(19)28-4/h5-13H,1-4H3,(H,23,24)(H,25,26). The molecule has 6 heteroatoms. The molecular weight excluding hydrogens is 354 g/mol. The number of benzene rings is 2. The van der Waals surface area contributed by atoms with Gasteiger partial charge in [-0.1, -0.05) is 6.07 Å². The van der Waals surface area contributed by atoms with E-state index in [1.54, 1.807) is 44.7 Å². The SMILES string of the molecule is COc1ccc(OC)c(NC(=O)c2cc(Nc3cc(C)cc(C)c3)ccn2)c1. The Morgan fingerprint density at radius 1 is 0.893 bits per heavy atom. The van der Waals surface area contributed by atoms with Gasteiger partial charge in [-0.15, -0.1) is 0 Å². The highest BCUT2D eigenvalue weighted by Crippen LogP contribution is 2.29. The third-order valence-electron chi connectivity index (χ3n) is 4.16. The van der Waals surface area contributed by atoms with E-state index in [1.807, 2.05) is 32.0 Å². The molecule has 0 aliphatic carbocycles. The van der Waals surface area contributed by atoms with Gasteiger partial charge in [0.2, 0.25) is 0 Å². The number of hydrogen-bond acceptors (Lipinski definition) is 5. The summed E-state index contributed by atoms with van der Waals surface area (Å²) >= 11 is 0. The van der Waals surface area contributed by atoms with Crippen molar-refractivity contribution in [2.75, 3.05) is 24.9 Å². The number of nitrogens with zero attached hydrogens (tertiary/aromatic N) is 1. The van der Waals surface area contributed by atoms with Gasteiger partial charge in [0.15, 0.2) is 0 Å². The maximum absolute atomic E-state index is 12.7. The summed E-state index contributed by atoms with van der Waals surface area (Å²) in [5.74, 6) is 0.823. The maximum Gasteiger partial charge on any atom is 0.274 e. The highest BCUT2D eigenvalue weighted by molar-refractivity contribution is 6.04. The van der Waals surface area contributed by atoms with E-state index in [9.17, 15) is 4.79 Å². The van der Waals surface area contributed by atoms with Crippen LogP contribution in [0.3, 0.4) is 0 Å². The van der Waals surface area contributed by atoms with E-state index in [0.29, 0.717) is 22.9 Å². The second-order valence-corrected chi connectivity index (χ2v) is 6.45. The van der Waals surface area contributed by atoms with Crippen molar-refractivity contribution in [3.05, 3.63) is 71.5 Å². The van der Waals surface area contributed by atoms with Crippen LogP contribution in [-0.4, -0.2) is 25.1 Å². The lowest BCUT2D eigenvalue weighted by Crippen LogP contribution is -2.14. The molecule has 0 aliphatic rings.